The summed E-state index contributed by atoms with van der Waals surface area (Å²) < 4.78 is 0. The Morgan fingerprint density at radius 1 is 1.14 bits per heavy atom. The molecular weight excluding hydrogens is 350 g/mol. The summed E-state index contributed by atoms with van der Waals surface area (Å²) in [5, 5.41) is 0. The molecule has 3 heterocycles. The van der Waals surface area contributed by atoms with Gasteiger partial charge in [-0.3, -0.25) is 9.78 Å². The minimum absolute atomic E-state index is 0.0438. The predicted octanol–water partition coefficient (Wildman–Crippen LogP) is 3.11. The summed E-state index contributed by atoms with van der Waals surface area (Å²) >= 11 is 0. The Labute approximate surface area is 164 Å². The van der Waals surface area contributed by atoms with E-state index in [1.807, 2.05) is 67.2 Å². The number of rotatable bonds is 3. The number of aromatic nitrogens is 3. The van der Waals surface area contributed by atoms with Crippen LogP contribution in [0.2, 0.25) is 0 Å². The molecule has 1 aromatic carbocycles. The fraction of sp³-hybridized carbons (Fsp3) is 0.273. The molecule has 6 nitrogen and oxygen atoms in total. The van der Waals surface area contributed by atoms with E-state index in [0.717, 1.165) is 40.2 Å². The molecule has 1 aliphatic heterocycles. The first kappa shape index (κ1) is 18.1. The molecule has 3 aromatic rings. The van der Waals surface area contributed by atoms with Crippen LogP contribution >= 0.6 is 0 Å². The number of hydrogen-bond acceptors (Lipinski definition) is 5. The lowest BCUT2D eigenvalue weighted by Crippen LogP contribution is -2.37. The number of carbonyl (C=O) groups is 1. The van der Waals surface area contributed by atoms with E-state index in [0.29, 0.717) is 18.9 Å². The van der Waals surface area contributed by atoms with Gasteiger partial charge in [-0.25, -0.2) is 9.97 Å². The lowest BCUT2D eigenvalue weighted by molar-refractivity contribution is 0.0732. The predicted molar refractivity (Wildman–Crippen MR) is 109 cm³/mol. The van der Waals surface area contributed by atoms with Crippen molar-refractivity contribution in [3.05, 3.63) is 71.2 Å². The fourth-order valence-corrected chi connectivity index (χ4v) is 3.54. The van der Waals surface area contributed by atoms with Gasteiger partial charge in [-0.15, -0.1) is 0 Å². The maximum atomic E-state index is 13.0. The Kier molecular flexibility index (Phi) is 4.77. The van der Waals surface area contributed by atoms with Crippen molar-refractivity contribution >= 4 is 11.7 Å². The molecule has 1 aliphatic rings. The van der Waals surface area contributed by atoms with Crippen molar-refractivity contribution in [1.29, 1.82) is 0 Å². The van der Waals surface area contributed by atoms with Crippen LogP contribution in [-0.4, -0.2) is 46.4 Å². The van der Waals surface area contributed by atoms with Gasteiger partial charge in [0.15, 0.2) is 5.82 Å². The zero-order chi connectivity index (χ0) is 19.7. The van der Waals surface area contributed by atoms with Gasteiger partial charge < -0.3 is 9.80 Å². The normalized spacial score (nSPS) is 13.2. The first-order chi connectivity index (χ1) is 13.5. The Bertz CT molecular complexity index is 1020. The SMILES string of the molecule is Cc1cccc(C(=O)N2CCc3c(nc(-c4cccnc4)nc3N(C)C)C2)c1. The van der Waals surface area contributed by atoms with Crippen molar-refractivity contribution < 1.29 is 4.79 Å². The average Bonchev–Trinajstić information content (AvgIpc) is 2.72. The van der Waals surface area contributed by atoms with Crippen molar-refractivity contribution in [3.8, 4) is 11.4 Å². The molecule has 1 amide bonds. The number of nitrogens with zero attached hydrogens (tertiary/aromatic N) is 5. The molecule has 142 valence electrons. The quantitative estimate of drug-likeness (QED) is 0.706. The molecule has 6 heteroatoms. The topological polar surface area (TPSA) is 62.2 Å². The summed E-state index contributed by atoms with van der Waals surface area (Å²) in [6.45, 7) is 3.15. The molecule has 0 aliphatic carbocycles. The summed E-state index contributed by atoms with van der Waals surface area (Å²) in [6, 6.07) is 11.6. The maximum Gasteiger partial charge on any atom is 0.254 e. The number of amides is 1. The van der Waals surface area contributed by atoms with Crippen LogP contribution in [0.1, 0.15) is 27.2 Å². The summed E-state index contributed by atoms with van der Waals surface area (Å²) in [4.78, 5) is 30.6. The van der Waals surface area contributed by atoms with Gasteiger partial charge in [0.2, 0.25) is 0 Å². The summed E-state index contributed by atoms with van der Waals surface area (Å²) in [7, 11) is 3.97. The average molecular weight is 373 g/mol. The van der Waals surface area contributed by atoms with Gasteiger partial charge in [-0.05, 0) is 37.6 Å². The van der Waals surface area contributed by atoms with Crippen molar-refractivity contribution in [2.45, 2.75) is 19.9 Å². The van der Waals surface area contributed by atoms with E-state index < -0.39 is 0 Å². The molecule has 4 rings (SSSR count). The zero-order valence-electron chi connectivity index (χ0n) is 16.4. The van der Waals surface area contributed by atoms with Crippen LogP contribution in [0.3, 0.4) is 0 Å². The van der Waals surface area contributed by atoms with Crippen LogP contribution in [0.4, 0.5) is 5.82 Å². The van der Waals surface area contributed by atoms with Crippen LogP contribution in [0.25, 0.3) is 11.4 Å². The number of pyridine rings is 1. The molecule has 0 bridgehead atoms. The number of hydrogen-bond donors (Lipinski definition) is 0. The smallest absolute Gasteiger partial charge is 0.254 e. The van der Waals surface area contributed by atoms with Crippen LogP contribution in [0.5, 0.6) is 0 Å². The third-order valence-electron chi connectivity index (χ3n) is 4.94. The summed E-state index contributed by atoms with van der Waals surface area (Å²) in [5.74, 6) is 1.59. The van der Waals surface area contributed by atoms with E-state index in [1.54, 1.807) is 12.4 Å². The Balaban J connectivity index is 1.71. The molecule has 0 saturated heterocycles. The lowest BCUT2D eigenvalue weighted by atomic mass is 10.0. The lowest BCUT2D eigenvalue weighted by Gasteiger charge is -2.30. The molecule has 0 N–H and O–H groups in total. The number of carbonyl (C=O) groups excluding carboxylic acids is 1. The Hall–Kier alpha value is -3.28. The van der Waals surface area contributed by atoms with Gasteiger partial charge in [0.25, 0.3) is 5.91 Å². The van der Waals surface area contributed by atoms with Crippen molar-refractivity contribution in [2.75, 3.05) is 25.5 Å². The van der Waals surface area contributed by atoms with Crippen LogP contribution in [0, 0.1) is 6.92 Å². The highest BCUT2D eigenvalue weighted by molar-refractivity contribution is 5.94. The van der Waals surface area contributed by atoms with E-state index in [9.17, 15) is 4.79 Å². The Morgan fingerprint density at radius 2 is 2.00 bits per heavy atom. The summed E-state index contributed by atoms with van der Waals surface area (Å²) in [5.41, 5.74) is 4.70. The van der Waals surface area contributed by atoms with E-state index in [-0.39, 0.29) is 5.91 Å². The molecule has 0 unspecified atom stereocenters. The van der Waals surface area contributed by atoms with E-state index in [1.165, 1.54) is 0 Å². The number of anilines is 1. The van der Waals surface area contributed by atoms with Crippen LogP contribution < -0.4 is 4.90 Å². The van der Waals surface area contributed by atoms with Crippen molar-refractivity contribution in [2.24, 2.45) is 0 Å². The zero-order valence-corrected chi connectivity index (χ0v) is 16.4. The van der Waals surface area contributed by atoms with Crippen LogP contribution in [-0.2, 0) is 13.0 Å². The standard InChI is InChI=1S/C22H23N5O/c1-15-6-4-7-16(12-15)22(28)27-11-9-18-19(14-27)24-20(25-21(18)26(2)3)17-8-5-10-23-13-17/h4-8,10,12-13H,9,11,14H2,1-3H3. The van der Waals surface area contributed by atoms with Gasteiger partial charge in [0.1, 0.15) is 5.82 Å². The minimum Gasteiger partial charge on any atom is -0.362 e. The highest BCUT2D eigenvalue weighted by Crippen LogP contribution is 2.29. The van der Waals surface area contributed by atoms with E-state index in [4.69, 9.17) is 9.97 Å². The second-order valence-electron chi connectivity index (χ2n) is 7.28. The molecule has 0 fully saturated rings. The van der Waals surface area contributed by atoms with Gasteiger partial charge in [0.05, 0.1) is 12.2 Å². The molecule has 28 heavy (non-hydrogen) atoms. The molecular formula is C22H23N5O. The first-order valence-corrected chi connectivity index (χ1v) is 9.36. The van der Waals surface area contributed by atoms with E-state index in [2.05, 4.69) is 4.98 Å². The van der Waals surface area contributed by atoms with Gasteiger partial charge >= 0.3 is 0 Å². The minimum atomic E-state index is 0.0438. The molecule has 0 radical (unpaired) electrons. The molecule has 2 aromatic heterocycles. The van der Waals surface area contributed by atoms with Gasteiger partial charge in [-0.2, -0.15) is 0 Å². The molecule has 0 spiro atoms. The number of fused-ring (bicyclic) bond motifs is 1. The maximum absolute atomic E-state index is 13.0. The second kappa shape index (κ2) is 7.38. The number of aryl methyl sites for hydroxylation is 1. The molecule has 0 saturated carbocycles. The fourth-order valence-electron chi connectivity index (χ4n) is 3.54. The monoisotopic (exact) mass is 373 g/mol. The highest BCUT2D eigenvalue weighted by atomic mass is 16.2. The van der Waals surface area contributed by atoms with Crippen molar-refractivity contribution in [1.82, 2.24) is 19.9 Å². The Morgan fingerprint density at radius 3 is 2.71 bits per heavy atom. The van der Waals surface area contributed by atoms with E-state index >= 15 is 0 Å². The molecule has 0 atom stereocenters. The third kappa shape index (κ3) is 3.45. The number of benzene rings is 1. The largest absolute Gasteiger partial charge is 0.362 e. The van der Waals surface area contributed by atoms with Crippen LogP contribution in [0.15, 0.2) is 48.8 Å². The first-order valence-electron chi connectivity index (χ1n) is 9.36. The summed E-state index contributed by atoms with van der Waals surface area (Å²) in [6.07, 6.45) is 4.24. The second-order valence-corrected chi connectivity index (χ2v) is 7.28. The highest BCUT2D eigenvalue weighted by Gasteiger charge is 2.27. The third-order valence-corrected chi connectivity index (χ3v) is 4.94. The van der Waals surface area contributed by atoms with Gasteiger partial charge in [0, 0.05) is 49.7 Å². The van der Waals surface area contributed by atoms with Gasteiger partial charge in [-0.1, -0.05) is 17.7 Å². The van der Waals surface area contributed by atoms with Crippen molar-refractivity contribution in [3.63, 3.8) is 0 Å².